The molecule has 0 aliphatic rings. The number of unbranched alkanes of at least 4 members (excludes halogenated alkanes) is 8. The van der Waals surface area contributed by atoms with Crippen molar-refractivity contribution in [3.63, 3.8) is 0 Å². The van der Waals surface area contributed by atoms with Gasteiger partial charge in [-0.2, -0.15) is 0 Å². The number of aromatic nitrogens is 1. The van der Waals surface area contributed by atoms with Crippen molar-refractivity contribution in [3.8, 4) is 11.8 Å². The smallest absolute Gasteiger partial charge is 0.0299 e. The van der Waals surface area contributed by atoms with Gasteiger partial charge in [-0.05, 0) is 69.8 Å². The number of nitrogens with zero attached hydrogens (tertiary/aromatic N) is 1. The summed E-state index contributed by atoms with van der Waals surface area (Å²) in [5.74, 6) is 6.42. The average molecular weight is 327 g/mol. The van der Waals surface area contributed by atoms with Crippen molar-refractivity contribution in [2.24, 2.45) is 0 Å². The van der Waals surface area contributed by atoms with E-state index >= 15 is 0 Å². The van der Waals surface area contributed by atoms with Gasteiger partial charge in [-0.1, -0.05) is 49.7 Å². The van der Waals surface area contributed by atoms with E-state index in [1.54, 1.807) is 0 Å². The van der Waals surface area contributed by atoms with E-state index in [2.05, 4.69) is 34.3 Å². The van der Waals surface area contributed by atoms with Gasteiger partial charge in [0.05, 0.1) is 0 Å². The molecule has 1 rings (SSSR count). The summed E-state index contributed by atoms with van der Waals surface area (Å²) in [6, 6.07) is 4.19. The monoisotopic (exact) mass is 326 g/mol. The number of pyridine rings is 1. The van der Waals surface area contributed by atoms with Crippen LogP contribution in [0.25, 0.3) is 0 Å². The van der Waals surface area contributed by atoms with Gasteiger partial charge in [-0.3, -0.25) is 4.98 Å². The number of aryl methyl sites for hydroxylation is 1. The molecule has 132 valence electrons. The first kappa shape index (κ1) is 20.5. The molecule has 0 fully saturated rings. The van der Waals surface area contributed by atoms with E-state index in [1.807, 2.05) is 31.6 Å². The Bertz CT molecular complexity index is 468. The van der Waals surface area contributed by atoms with Crippen LogP contribution in [-0.2, 0) is 6.42 Å². The van der Waals surface area contributed by atoms with Gasteiger partial charge in [-0.15, -0.1) is 0 Å². The highest BCUT2D eigenvalue weighted by Gasteiger charge is 1.93. The molecular formula is C22H34N2. The van der Waals surface area contributed by atoms with Crippen LogP contribution in [0.4, 0.5) is 0 Å². The maximum Gasteiger partial charge on any atom is 0.0299 e. The van der Waals surface area contributed by atoms with Crippen LogP contribution in [-0.4, -0.2) is 18.6 Å². The fourth-order valence-corrected chi connectivity index (χ4v) is 2.63. The van der Waals surface area contributed by atoms with Crippen molar-refractivity contribution in [2.45, 2.75) is 70.6 Å². The van der Waals surface area contributed by atoms with E-state index in [-0.39, 0.29) is 0 Å². The van der Waals surface area contributed by atoms with Gasteiger partial charge in [0.25, 0.3) is 0 Å². The van der Waals surface area contributed by atoms with Gasteiger partial charge in [0.15, 0.2) is 0 Å². The van der Waals surface area contributed by atoms with E-state index in [0.29, 0.717) is 0 Å². The number of rotatable bonds is 13. The second-order valence-corrected chi connectivity index (χ2v) is 6.31. The summed E-state index contributed by atoms with van der Waals surface area (Å²) in [5.41, 5.74) is 1.36. The number of hydrogen-bond donors (Lipinski definition) is 1. The van der Waals surface area contributed by atoms with Gasteiger partial charge in [-0.25, -0.2) is 0 Å². The maximum atomic E-state index is 4.15. The Labute approximate surface area is 149 Å². The molecule has 1 aromatic rings. The third-order valence-corrected chi connectivity index (χ3v) is 4.09. The standard InChI is InChI=1S/C22H34N2/c1-23-19-15-13-11-9-7-5-3-2-4-6-8-10-12-14-17-22-18-16-20-24-21-22/h5,7,16,18,20-21,23H,4,6,8-15,17,19H2,1H3/b7-5-. The molecule has 0 aliphatic heterocycles. The Morgan fingerprint density at radius 1 is 1.04 bits per heavy atom. The zero-order chi connectivity index (χ0) is 17.1. The van der Waals surface area contributed by atoms with Gasteiger partial charge in [0.2, 0.25) is 0 Å². The van der Waals surface area contributed by atoms with Crippen LogP contribution in [0.1, 0.15) is 69.8 Å². The lowest BCUT2D eigenvalue weighted by Crippen LogP contribution is -2.06. The van der Waals surface area contributed by atoms with E-state index in [9.17, 15) is 0 Å². The highest BCUT2D eigenvalue weighted by atomic mass is 14.8. The summed E-state index contributed by atoms with van der Waals surface area (Å²) in [6.45, 7) is 1.13. The molecule has 2 nitrogen and oxygen atoms in total. The Hall–Kier alpha value is -1.59. The van der Waals surface area contributed by atoms with Crippen LogP contribution in [0.5, 0.6) is 0 Å². The lowest BCUT2D eigenvalue weighted by Gasteiger charge is -2.00. The molecule has 1 aromatic heterocycles. The van der Waals surface area contributed by atoms with Gasteiger partial charge >= 0.3 is 0 Å². The van der Waals surface area contributed by atoms with Gasteiger partial charge in [0.1, 0.15) is 0 Å². The molecule has 0 bridgehead atoms. The Balaban J connectivity index is 1.85. The Kier molecular flexibility index (Phi) is 13.9. The molecule has 24 heavy (non-hydrogen) atoms. The van der Waals surface area contributed by atoms with Crippen molar-refractivity contribution in [2.75, 3.05) is 13.6 Å². The van der Waals surface area contributed by atoms with Crippen molar-refractivity contribution in [1.82, 2.24) is 10.3 Å². The van der Waals surface area contributed by atoms with Crippen molar-refractivity contribution >= 4 is 0 Å². The summed E-state index contributed by atoms with van der Waals surface area (Å²) >= 11 is 0. The minimum absolute atomic E-state index is 1.04. The summed E-state index contributed by atoms with van der Waals surface area (Å²) in [7, 11) is 2.01. The summed E-state index contributed by atoms with van der Waals surface area (Å²) in [5, 5.41) is 3.18. The third-order valence-electron chi connectivity index (χ3n) is 4.09. The normalized spacial score (nSPS) is 10.7. The fourth-order valence-electron chi connectivity index (χ4n) is 2.63. The quantitative estimate of drug-likeness (QED) is 0.393. The molecule has 0 radical (unpaired) electrons. The van der Waals surface area contributed by atoms with E-state index in [0.717, 1.165) is 25.8 Å². The lowest BCUT2D eigenvalue weighted by molar-refractivity contribution is 0.620. The molecule has 0 saturated heterocycles. The third kappa shape index (κ3) is 12.9. The minimum atomic E-state index is 1.04. The predicted octanol–water partition coefficient (Wildman–Crippen LogP) is 5.30. The van der Waals surface area contributed by atoms with Crippen LogP contribution < -0.4 is 5.32 Å². The van der Waals surface area contributed by atoms with E-state index in [1.165, 1.54) is 56.9 Å². The maximum absolute atomic E-state index is 4.15. The highest BCUT2D eigenvalue weighted by molar-refractivity contribution is 5.15. The highest BCUT2D eigenvalue weighted by Crippen LogP contribution is 2.08. The van der Waals surface area contributed by atoms with Gasteiger partial charge < -0.3 is 5.32 Å². The van der Waals surface area contributed by atoms with Crippen LogP contribution in [0, 0.1) is 11.8 Å². The second-order valence-electron chi connectivity index (χ2n) is 6.31. The van der Waals surface area contributed by atoms with Crippen molar-refractivity contribution in [1.29, 1.82) is 0 Å². The molecule has 1 N–H and O–H groups in total. The largest absolute Gasteiger partial charge is 0.320 e. The predicted molar refractivity (Wildman–Crippen MR) is 105 cm³/mol. The molecule has 0 saturated carbocycles. The first-order valence-corrected chi connectivity index (χ1v) is 9.60. The SMILES string of the molecule is CNCCCCC/C=C\C#CCCCCCCCc1cccnc1. The topological polar surface area (TPSA) is 24.9 Å². The molecule has 0 amide bonds. The zero-order valence-electron chi connectivity index (χ0n) is 15.4. The Morgan fingerprint density at radius 3 is 2.71 bits per heavy atom. The number of allylic oxidation sites excluding steroid dienone is 2. The van der Waals surface area contributed by atoms with Crippen LogP contribution in [0.3, 0.4) is 0 Å². The zero-order valence-corrected chi connectivity index (χ0v) is 15.4. The van der Waals surface area contributed by atoms with Crippen LogP contribution >= 0.6 is 0 Å². The molecule has 1 heterocycles. The minimum Gasteiger partial charge on any atom is -0.320 e. The summed E-state index contributed by atoms with van der Waals surface area (Å²) in [4.78, 5) is 4.15. The van der Waals surface area contributed by atoms with Crippen molar-refractivity contribution in [3.05, 3.63) is 42.2 Å². The van der Waals surface area contributed by atoms with E-state index < -0.39 is 0 Å². The summed E-state index contributed by atoms with van der Waals surface area (Å²) < 4.78 is 0. The van der Waals surface area contributed by atoms with Gasteiger partial charge in [0, 0.05) is 18.8 Å². The molecule has 0 atom stereocenters. The van der Waals surface area contributed by atoms with Crippen LogP contribution in [0.2, 0.25) is 0 Å². The summed E-state index contributed by atoms with van der Waals surface area (Å²) in [6.07, 6.45) is 21.7. The fraction of sp³-hybridized carbons (Fsp3) is 0.591. The molecule has 0 unspecified atom stereocenters. The van der Waals surface area contributed by atoms with Crippen LogP contribution in [0.15, 0.2) is 36.7 Å². The molecule has 0 spiro atoms. The number of hydrogen-bond acceptors (Lipinski definition) is 2. The second kappa shape index (κ2) is 16.3. The lowest BCUT2D eigenvalue weighted by atomic mass is 10.1. The van der Waals surface area contributed by atoms with E-state index in [4.69, 9.17) is 0 Å². The number of nitrogens with one attached hydrogen (secondary N) is 1. The first-order valence-electron chi connectivity index (χ1n) is 9.60. The first-order chi connectivity index (χ1) is 11.9. The van der Waals surface area contributed by atoms with Crippen molar-refractivity contribution < 1.29 is 0 Å². The molecule has 2 heteroatoms. The average Bonchev–Trinajstić information content (AvgIpc) is 2.62. The Morgan fingerprint density at radius 2 is 1.88 bits per heavy atom. The molecular weight excluding hydrogens is 292 g/mol. The molecule has 0 aromatic carbocycles. The molecule has 0 aliphatic carbocycles.